The first-order chi connectivity index (χ1) is 8.54. The molecule has 0 saturated heterocycles. The summed E-state index contributed by atoms with van der Waals surface area (Å²) in [5.74, 6) is 0.498. The maximum Gasteiger partial charge on any atom is 0.260 e. The normalized spacial score (nSPS) is 11.9. The molecule has 0 aliphatic carbocycles. The molecule has 1 amide bonds. The van der Waals surface area contributed by atoms with Crippen molar-refractivity contribution in [2.75, 3.05) is 33.1 Å². The average Bonchev–Trinajstić information content (AvgIpc) is 2.35. The van der Waals surface area contributed by atoms with Gasteiger partial charge in [-0.1, -0.05) is 6.07 Å². The van der Waals surface area contributed by atoms with Gasteiger partial charge in [-0.25, -0.2) is 0 Å². The van der Waals surface area contributed by atoms with Crippen LogP contribution in [0, 0.1) is 0 Å². The number of benzene rings is 1. The van der Waals surface area contributed by atoms with Crippen molar-refractivity contribution >= 4 is 11.6 Å². The molecule has 2 N–H and O–H groups in total. The fourth-order valence-corrected chi connectivity index (χ4v) is 1.45. The van der Waals surface area contributed by atoms with E-state index in [2.05, 4.69) is 0 Å². The molecule has 0 spiro atoms. The zero-order chi connectivity index (χ0) is 13.5. The minimum Gasteiger partial charge on any atom is -0.484 e. The third-order valence-electron chi connectivity index (χ3n) is 2.68. The number of methoxy groups -OCH3 is 1. The summed E-state index contributed by atoms with van der Waals surface area (Å²) < 4.78 is 10.4. The highest BCUT2D eigenvalue weighted by atomic mass is 16.5. The van der Waals surface area contributed by atoms with Gasteiger partial charge in [0.05, 0.1) is 12.6 Å². The summed E-state index contributed by atoms with van der Waals surface area (Å²) in [6.45, 7) is 2.41. The number of anilines is 1. The zero-order valence-electron chi connectivity index (χ0n) is 11.1. The van der Waals surface area contributed by atoms with Crippen LogP contribution in [-0.4, -0.2) is 44.2 Å². The summed E-state index contributed by atoms with van der Waals surface area (Å²) in [6, 6.07) is 7.02. The van der Waals surface area contributed by atoms with Crippen LogP contribution in [-0.2, 0) is 9.53 Å². The molecule has 0 aliphatic heterocycles. The monoisotopic (exact) mass is 252 g/mol. The van der Waals surface area contributed by atoms with Gasteiger partial charge in [-0.15, -0.1) is 0 Å². The fraction of sp³-hybridized carbons (Fsp3) is 0.462. The van der Waals surface area contributed by atoms with Crippen molar-refractivity contribution in [3.8, 4) is 5.75 Å². The van der Waals surface area contributed by atoms with E-state index in [1.54, 1.807) is 43.3 Å². The molecule has 1 aromatic carbocycles. The van der Waals surface area contributed by atoms with Crippen molar-refractivity contribution < 1.29 is 14.3 Å². The highest BCUT2D eigenvalue weighted by molar-refractivity contribution is 5.77. The number of carbonyl (C=O) groups is 1. The first-order valence-electron chi connectivity index (χ1n) is 5.77. The highest BCUT2D eigenvalue weighted by Gasteiger charge is 2.15. The van der Waals surface area contributed by atoms with Crippen LogP contribution in [0.25, 0.3) is 0 Å². The van der Waals surface area contributed by atoms with E-state index in [-0.39, 0.29) is 18.6 Å². The van der Waals surface area contributed by atoms with Crippen molar-refractivity contribution in [3.05, 3.63) is 24.3 Å². The van der Waals surface area contributed by atoms with Crippen LogP contribution in [0.4, 0.5) is 5.69 Å². The SMILES string of the molecule is COCC(C)N(C)C(=O)COc1cccc(N)c1. The number of likely N-dealkylation sites (N-methyl/N-ethyl adjacent to an activating group) is 1. The number of hydrogen-bond acceptors (Lipinski definition) is 4. The Labute approximate surface area is 107 Å². The molecule has 0 aliphatic rings. The molecule has 0 radical (unpaired) electrons. The summed E-state index contributed by atoms with van der Waals surface area (Å²) in [5.41, 5.74) is 6.23. The molecular formula is C13H20N2O3. The smallest absolute Gasteiger partial charge is 0.260 e. The van der Waals surface area contributed by atoms with E-state index < -0.39 is 0 Å². The van der Waals surface area contributed by atoms with Gasteiger partial charge in [-0.3, -0.25) is 4.79 Å². The maximum atomic E-state index is 11.8. The minimum absolute atomic E-state index is 0.00594. The van der Waals surface area contributed by atoms with E-state index in [1.807, 2.05) is 6.92 Å². The topological polar surface area (TPSA) is 64.8 Å². The van der Waals surface area contributed by atoms with E-state index >= 15 is 0 Å². The van der Waals surface area contributed by atoms with Crippen LogP contribution in [0.5, 0.6) is 5.75 Å². The zero-order valence-corrected chi connectivity index (χ0v) is 11.1. The highest BCUT2D eigenvalue weighted by Crippen LogP contribution is 2.14. The van der Waals surface area contributed by atoms with Gasteiger partial charge in [0.25, 0.3) is 5.91 Å². The standard InChI is InChI=1S/C13H20N2O3/c1-10(8-17-3)15(2)13(16)9-18-12-6-4-5-11(14)7-12/h4-7,10H,8-9,14H2,1-3H3. The Morgan fingerprint density at radius 2 is 2.22 bits per heavy atom. The molecule has 1 atom stereocenters. The predicted octanol–water partition coefficient (Wildman–Crippen LogP) is 1.14. The molecule has 18 heavy (non-hydrogen) atoms. The van der Waals surface area contributed by atoms with E-state index in [4.69, 9.17) is 15.2 Å². The van der Waals surface area contributed by atoms with Gasteiger partial charge in [-0.2, -0.15) is 0 Å². The lowest BCUT2D eigenvalue weighted by molar-refractivity contribution is -0.134. The molecule has 1 unspecified atom stereocenters. The first kappa shape index (κ1) is 14.3. The number of nitrogen functional groups attached to an aromatic ring is 1. The number of ether oxygens (including phenoxy) is 2. The first-order valence-corrected chi connectivity index (χ1v) is 5.77. The third-order valence-corrected chi connectivity index (χ3v) is 2.68. The lowest BCUT2D eigenvalue weighted by atomic mass is 10.3. The molecule has 0 fully saturated rings. The predicted molar refractivity (Wildman–Crippen MR) is 70.5 cm³/mol. The van der Waals surface area contributed by atoms with Gasteiger partial charge in [0.1, 0.15) is 5.75 Å². The molecule has 0 aromatic heterocycles. The van der Waals surface area contributed by atoms with E-state index in [0.29, 0.717) is 18.0 Å². The number of nitrogens with zero attached hydrogens (tertiary/aromatic N) is 1. The molecule has 1 rings (SSSR count). The second-order valence-corrected chi connectivity index (χ2v) is 4.17. The quantitative estimate of drug-likeness (QED) is 0.771. The van der Waals surface area contributed by atoms with Crippen LogP contribution in [0.3, 0.4) is 0 Å². The Bertz CT molecular complexity index is 396. The minimum atomic E-state index is -0.0954. The average molecular weight is 252 g/mol. The molecule has 1 aromatic rings. The van der Waals surface area contributed by atoms with Gasteiger partial charge in [0.2, 0.25) is 0 Å². The van der Waals surface area contributed by atoms with Crippen LogP contribution >= 0.6 is 0 Å². The Morgan fingerprint density at radius 1 is 1.50 bits per heavy atom. The number of amides is 1. The molecule has 0 bridgehead atoms. The van der Waals surface area contributed by atoms with E-state index in [0.717, 1.165) is 0 Å². The van der Waals surface area contributed by atoms with Crippen molar-refractivity contribution in [2.24, 2.45) is 0 Å². The molecule has 0 heterocycles. The van der Waals surface area contributed by atoms with Crippen LogP contribution in [0.2, 0.25) is 0 Å². The Kier molecular flexibility index (Phi) is 5.45. The Balaban J connectivity index is 2.45. The van der Waals surface area contributed by atoms with Gasteiger partial charge in [-0.05, 0) is 19.1 Å². The summed E-state index contributed by atoms with van der Waals surface area (Å²) >= 11 is 0. The second kappa shape index (κ2) is 6.86. The second-order valence-electron chi connectivity index (χ2n) is 4.17. The Hall–Kier alpha value is -1.75. The summed E-state index contributed by atoms with van der Waals surface area (Å²) in [5, 5.41) is 0. The number of carbonyl (C=O) groups excluding carboxylic acids is 1. The molecule has 5 nitrogen and oxygen atoms in total. The van der Waals surface area contributed by atoms with E-state index in [9.17, 15) is 4.79 Å². The third kappa shape index (κ3) is 4.25. The summed E-state index contributed by atoms with van der Waals surface area (Å²) in [4.78, 5) is 13.4. The number of hydrogen-bond donors (Lipinski definition) is 1. The van der Waals surface area contributed by atoms with Gasteiger partial charge < -0.3 is 20.1 Å². The van der Waals surface area contributed by atoms with Crippen molar-refractivity contribution in [2.45, 2.75) is 13.0 Å². The van der Waals surface area contributed by atoms with Gasteiger partial charge in [0.15, 0.2) is 6.61 Å². The van der Waals surface area contributed by atoms with Gasteiger partial charge >= 0.3 is 0 Å². The fourth-order valence-electron chi connectivity index (χ4n) is 1.45. The lowest BCUT2D eigenvalue weighted by Crippen LogP contribution is -2.40. The number of rotatable bonds is 6. The molecule has 0 saturated carbocycles. The Morgan fingerprint density at radius 3 is 2.83 bits per heavy atom. The maximum absolute atomic E-state index is 11.8. The van der Waals surface area contributed by atoms with Crippen LogP contribution in [0.1, 0.15) is 6.92 Å². The molecule has 100 valence electrons. The molecular weight excluding hydrogens is 232 g/mol. The summed E-state index contributed by atoms with van der Waals surface area (Å²) in [6.07, 6.45) is 0. The molecule has 5 heteroatoms. The summed E-state index contributed by atoms with van der Waals surface area (Å²) in [7, 11) is 3.34. The van der Waals surface area contributed by atoms with Crippen LogP contribution < -0.4 is 10.5 Å². The van der Waals surface area contributed by atoms with Crippen molar-refractivity contribution in [1.29, 1.82) is 0 Å². The van der Waals surface area contributed by atoms with E-state index in [1.165, 1.54) is 0 Å². The number of nitrogens with two attached hydrogens (primary N) is 1. The van der Waals surface area contributed by atoms with Crippen molar-refractivity contribution in [1.82, 2.24) is 4.90 Å². The van der Waals surface area contributed by atoms with Crippen molar-refractivity contribution in [3.63, 3.8) is 0 Å². The largest absolute Gasteiger partial charge is 0.484 e. The van der Waals surface area contributed by atoms with Crippen LogP contribution in [0.15, 0.2) is 24.3 Å². The van der Waals surface area contributed by atoms with Gasteiger partial charge in [0, 0.05) is 25.9 Å². The lowest BCUT2D eigenvalue weighted by Gasteiger charge is -2.24.